The summed E-state index contributed by atoms with van der Waals surface area (Å²) in [7, 11) is 1.79. The lowest BCUT2D eigenvalue weighted by molar-refractivity contribution is -0.122. The Bertz CT molecular complexity index is 616. The molecule has 0 atom stereocenters. The number of nitrogens with one attached hydrogen (secondary N) is 2. The molecule has 2 aliphatic rings. The summed E-state index contributed by atoms with van der Waals surface area (Å²) in [6, 6.07) is 0. The van der Waals surface area contributed by atoms with Crippen LogP contribution in [0.15, 0.2) is 16.1 Å². The Kier molecular flexibility index (Phi) is 1.78. The second-order valence-corrected chi connectivity index (χ2v) is 5.48. The number of carbonyl (C=O) groups is 1. The van der Waals surface area contributed by atoms with Crippen molar-refractivity contribution in [2.45, 2.75) is 26.7 Å². The van der Waals surface area contributed by atoms with Crippen LogP contribution < -0.4 is 10.9 Å². The lowest BCUT2D eigenvalue weighted by Crippen LogP contribution is -2.21. The lowest BCUT2D eigenvalue weighted by atomic mass is 9.87. The van der Waals surface area contributed by atoms with Gasteiger partial charge in [-0.2, -0.15) is 0 Å². The van der Waals surface area contributed by atoms with Crippen LogP contribution in [0.25, 0.3) is 0 Å². The molecule has 0 fully saturated rings. The Balaban J connectivity index is 2.09. The van der Waals surface area contributed by atoms with E-state index in [1.54, 1.807) is 11.7 Å². The summed E-state index contributed by atoms with van der Waals surface area (Å²) in [5.74, 6) is 0.952. The van der Waals surface area contributed by atoms with Crippen molar-refractivity contribution in [2.75, 3.05) is 5.32 Å². The van der Waals surface area contributed by atoms with E-state index in [1.807, 2.05) is 13.8 Å². The maximum Gasteiger partial charge on any atom is 0.269 e. The number of aromatic amines is 1. The molecule has 5 heteroatoms. The molecular formula is C12H15N3O2. The summed E-state index contributed by atoms with van der Waals surface area (Å²) < 4.78 is 1.68. The van der Waals surface area contributed by atoms with Gasteiger partial charge < -0.3 is 5.32 Å². The third-order valence-corrected chi connectivity index (χ3v) is 3.66. The number of Topliss-reactive ketones (excluding diaryl/α,β-unsaturated/α-hetero) is 1. The Morgan fingerprint density at radius 1 is 1.29 bits per heavy atom. The molecule has 0 saturated carbocycles. The largest absolute Gasteiger partial charge is 0.343 e. The summed E-state index contributed by atoms with van der Waals surface area (Å²) in [5.41, 5.74) is 1.96. The number of aryl methyl sites for hydroxylation is 1. The highest BCUT2D eigenvalue weighted by Gasteiger charge is 2.42. The van der Waals surface area contributed by atoms with Crippen LogP contribution in [0, 0.1) is 5.41 Å². The van der Waals surface area contributed by atoms with Gasteiger partial charge in [-0.15, -0.1) is 0 Å². The molecular weight excluding hydrogens is 218 g/mol. The van der Waals surface area contributed by atoms with E-state index < -0.39 is 0 Å². The molecule has 0 aromatic carbocycles. The fourth-order valence-corrected chi connectivity index (χ4v) is 2.71. The van der Waals surface area contributed by atoms with Crippen LogP contribution in [0.4, 0.5) is 5.82 Å². The van der Waals surface area contributed by atoms with Crippen LogP contribution in [-0.2, 0) is 18.3 Å². The van der Waals surface area contributed by atoms with Crippen molar-refractivity contribution in [3.63, 3.8) is 0 Å². The second kappa shape index (κ2) is 2.91. The van der Waals surface area contributed by atoms with Crippen molar-refractivity contribution < 1.29 is 4.79 Å². The monoisotopic (exact) mass is 233 g/mol. The molecule has 0 saturated heterocycles. The fraction of sp³-hybridized carbons (Fsp3) is 0.500. The minimum atomic E-state index is -0.341. The van der Waals surface area contributed by atoms with Crippen LogP contribution in [0.3, 0.4) is 0 Å². The third kappa shape index (κ3) is 1.25. The van der Waals surface area contributed by atoms with Gasteiger partial charge in [0.05, 0.1) is 5.56 Å². The molecule has 17 heavy (non-hydrogen) atoms. The quantitative estimate of drug-likeness (QED) is 0.700. The summed E-state index contributed by atoms with van der Waals surface area (Å²) in [6.45, 7) is 3.90. The van der Waals surface area contributed by atoms with Gasteiger partial charge in [-0.1, -0.05) is 13.8 Å². The maximum atomic E-state index is 12.2. The number of fused-ring (bicyclic) bond motifs is 1. The van der Waals surface area contributed by atoms with E-state index in [-0.39, 0.29) is 16.8 Å². The molecule has 0 radical (unpaired) electrons. The molecule has 3 rings (SSSR count). The zero-order valence-electron chi connectivity index (χ0n) is 10.2. The number of H-pyrrole nitrogens is 1. The molecule has 0 amide bonds. The molecule has 1 aliphatic carbocycles. The number of allylic oxidation sites excluding steroid dienone is 2. The number of rotatable bonds is 0. The van der Waals surface area contributed by atoms with Gasteiger partial charge in [-0.25, -0.2) is 0 Å². The highest BCUT2D eigenvalue weighted by molar-refractivity contribution is 6.04. The molecule has 90 valence electrons. The number of nitrogens with zero attached hydrogens (tertiary/aromatic N) is 1. The summed E-state index contributed by atoms with van der Waals surface area (Å²) in [4.78, 5) is 23.9. The highest BCUT2D eigenvalue weighted by Crippen LogP contribution is 2.42. The van der Waals surface area contributed by atoms with Gasteiger partial charge in [-0.05, 0) is 0 Å². The topological polar surface area (TPSA) is 66.9 Å². The lowest BCUT2D eigenvalue weighted by Gasteiger charge is -2.16. The molecule has 5 nitrogen and oxygen atoms in total. The van der Waals surface area contributed by atoms with Crippen molar-refractivity contribution in [2.24, 2.45) is 12.5 Å². The van der Waals surface area contributed by atoms with E-state index in [9.17, 15) is 9.59 Å². The van der Waals surface area contributed by atoms with Gasteiger partial charge in [0, 0.05) is 36.6 Å². The molecule has 1 aliphatic heterocycles. The SMILES string of the molecule is Cn1[nH]c(=O)c2c1NC1=C(C2)C(=O)C(C)(C)C1. The van der Waals surface area contributed by atoms with E-state index in [1.165, 1.54) is 0 Å². The van der Waals surface area contributed by atoms with Crippen LogP contribution in [0.1, 0.15) is 25.8 Å². The zero-order chi connectivity index (χ0) is 12.4. The van der Waals surface area contributed by atoms with Gasteiger partial charge in [-0.3, -0.25) is 19.4 Å². The predicted octanol–water partition coefficient (Wildman–Crippen LogP) is 0.934. The van der Waals surface area contributed by atoms with Crippen LogP contribution >= 0.6 is 0 Å². The van der Waals surface area contributed by atoms with E-state index >= 15 is 0 Å². The Hall–Kier alpha value is -1.78. The van der Waals surface area contributed by atoms with Crippen LogP contribution in [0.2, 0.25) is 0 Å². The Labute approximate surface area is 98.5 Å². The normalized spacial score (nSPS) is 21.2. The standard InChI is InChI=1S/C12H15N3O2/c1-12(2)5-8-6(9(12)16)4-7-10(13-8)15(3)14-11(7)17/h13H,4-5H2,1-3H3,(H,14,17). The number of ketones is 1. The third-order valence-electron chi connectivity index (χ3n) is 3.66. The molecule has 2 N–H and O–H groups in total. The van der Waals surface area contributed by atoms with Gasteiger partial charge in [0.2, 0.25) is 0 Å². The fourth-order valence-electron chi connectivity index (χ4n) is 2.71. The molecule has 2 heterocycles. The minimum absolute atomic E-state index is 0.112. The van der Waals surface area contributed by atoms with Crippen molar-refractivity contribution >= 4 is 11.6 Å². The minimum Gasteiger partial charge on any atom is -0.343 e. The number of hydrogen-bond donors (Lipinski definition) is 2. The molecule has 0 spiro atoms. The van der Waals surface area contributed by atoms with E-state index in [2.05, 4.69) is 10.4 Å². The van der Waals surface area contributed by atoms with Gasteiger partial charge >= 0.3 is 0 Å². The number of anilines is 1. The number of hydrogen-bond acceptors (Lipinski definition) is 3. The number of aromatic nitrogens is 2. The van der Waals surface area contributed by atoms with Crippen molar-refractivity contribution in [3.8, 4) is 0 Å². The van der Waals surface area contributed by atoms with E-state index in [0.29, 0.717) is 12.0 Å². The maximum absolute atomic E-state index is 12.2. The second-order valence-electron chi connectivity index (χ2n) is 5.48. The first kappa shape index (κ1) is 10.4. The van der Waals surface area contributed by atoms with E-state index in [0.717, 1.165) is 23.5 Å². The van der Waals surface area contributed by atoms with Crippen molar-refractivity contribution in [1.29, 1.82) is 0 Å². The molecule has 0 bridgehead atoms. The van der Waals surface area contributed by atoms with Gasteiger partial charge in [0.15, 0.2) is 5.78 Å². The first-order chi connectivity index (χ1) is 7.90. The first-order valence-electron chi connectivity index (χ1n) is 5.72. The smallest absolute Gasteiger partial charge is 0.269 e. The number of carbonyl (C=O) groups excluding carboxylic acids is 1. The van der Waals surface area contributed by atoms with Gasteiger partial charge in [0.25, 0.3) is 5.56 Å². The summed E-state index contributed by atoms with van der Waals surface area (Å²) in [5, 5.41) is 5.93. The summed E-state index contributed by atoms with van der Waals surface area (Å²) >= 11 is 0. The van der Waals surface area contributed by atoms with Gasteiger partial charge in [0.1, 0.15) is 5.82 Å². The zero-order valence-corrected chi connectivity index (χ0v) is 10.2. The van der Waals surface area contributed by atoms with Crippen LogP contribution in [-0.4, -0.2) is 15.6 Å². The average molecular weight is 233 g/mol. The van der Waals surface area contributed by atoms with Crippen molar-refractivity contribution in [3.05, 3.63) is 27.2 Å². The predicted molar refractivity (Wildman–Crippen MR) is 63.8 cm³/mol. The Morgan fingerprint density at radius 3 is 2.71 bits per heavy atom. The van der Waals surface area contributed by atoms with Crippen molar-refractivity contribution in [1.82, 2.24) is 9.78 Å². The first-order valence-corrected chi connectivity index (χ1v) is 5.72. The summed E-state index contributed by atoms with van der Waals surface area (Å²) in [6.07, 6.45) is 1.18. The highest BCUT2D eigenvalue weighted by atomic mass is 16.1. The Morgan fingerprint density at radius 2 is 2.00 bits per heavy atom. The average Bonchev–Trinajstić information content (AvgIpc) is 2.63. The molecule has 1 aromatic rings. The van der Waals surface area contributed by atoms with E-state index in [4.69, 9.17) is 0 Å². The molecule has 1 aromatic heterocycles. The van der Waals surface area contributed by atoms with Crippen LogP contribution in [0.5, 0.6) is 0 Å². The molecule has 0 unspecified atom stereocenters.